The van der Waals surface area contributed by atoms with Crippen molar-refractivity contribution in [2.75, 3.05) is 33.3 Å². The summed E-state index contributed by atoms with van der Waals surface area (Å²) in [6.07, 6.45) is 0. The summed E-state index contributed by atoms with van der Waals surface area (Å²) in [6.45, 7) is 1.99. The molecular weight excluding hydrogens is 283 g/mol. The average molecular weight is 300 g/mol. The largest absolute Gasteiger partial charge is 0.497 e. The molecule has 1 aliphatic heterocycles. The Bertz CT molecular complexity index is 572. The Labute approximate surface area is 118 Å². The lowest BCUT2D eigenvalue weighted by molar-refractivity contribution is 0.360. The summed E-state index contributed by atoms with van der Waals surface area (Å²) < 4.78 is 31.3. The molecule has 110 valence electrons. The number of benzene rings is 1. The highest BCUT2D eigenvalue weighted by atomic mass is 32.2. The highest BCUT2D eigenvalue weighted by Crippen LogP contribution is 2.18. The Hall–Kier alpha value is -1.13. The van der Waals surface area contributed by atoms with Crippen LogP contribution in [0.1, 0.15) is 0 Å². The molecule has 0 radical (unpaired) electrons. The standard InChI is InChI=1S/C11H17BN2O5S/c1-19-11-3-2-9(8-10(11)12(15)16)20(17,18)14-6-4-13-5-7-14/h2-3,8,13,15-16H,4-7H2,1H3. The summed E-state index contributed by atoms with van der Waals surface area (Å²) in [5.41, 5.74) is 0.0312. The van der Waals surface area contributed by atoms with Crippen molar-refractivity contribution in [3.8, 4) is 5.75 Å². The molecule has 2 rings (SSSR count). The van der Waals surface area contributed by atoms with Crippen molar-refractivity contribution in [3.63, 3.8) is 0 Å². The van der Waals surface area contributed by atoms with E-state index in [1.54, 1.807) is 0 Å². The van der Waals surface area contributed by atoms with Gasteiger partial charge in [0.15, 0.2) is 0 Å². The topological polar surface area (TPSA) is 99.1 Å². The lowest BCUT2D eigenvalue weighted by Gasteiger charge is -2.26. The highest BCUT2D eigenvalue weighted by Gasteiger charge is 2.28. The van der Waals surface area contributed by atoms with Gasteiger partial charge in [-0.2, -0.15) is 4.31 Å². The third-order valence-electron chi connectivity index (χ3n) is 3.19. The molecule has 0 bridgehead atoms. The van der Waals surface area contributed by atoms with Crippen LogP contribution in [0.15, 0.2) is 23.1 Å². The van der Waals surface area contributed by atoms with Crippen molar-refractivity contribution < 1.29 is 23.2 Å². The summed E-state index contributed by atoms with van der Waals surface area (Å²) in [5, 5.41) is 21.7. The minimum atomic E-state index is -3.63. The van der Waals surface area contributed by atoms with Crippen LogP contribution in [0.5, 0.6) is 5.75 Å². The molecule has 0 unspecified atom stereocenters. The molecule has 0 atom stereocenters. The number of sulfonamides is 1. The first-order valence-corrected chi connectivity index (χ1v) is 7.66. The van der Waals surface area contributed by atoms with Gasteiger partial charge in [-0.3, -0.25) is 0 Å². The Morgan fingerprint density at radius 1 is 1.30 bits per heavy atom. The summed E-state index contributed by atoms with van der Waals surface area (Å²) in [7, 11) is -4.04. The van der Waals surface area contributed by atoms with Crippen molar-refractivity contribution in [1.82, 2.24) is 9.62 Å². The van der Waals surface area contributed by atoms with Crippen LogP contribution in [0.4, 0.5) is 0 Å². The number of hydrogen-bond donors (Lipinski definition) is 3. The summed E-state index contributed by atoms with van der Waals surface area (Å²) in [4.78, 5) is 0.0308. The monoisotopic (exact) mass is 300 g/mol. The maximum atomic E-state index is 12.5. The van der Waals surface area contributed by atoms with Crippen LogP contribution in [0, 0.1) is 0 Å². The van der Waals surface area contributed by atoms with E-state index in [1.807, 2.05) is 0 Å². The van der Waals surface area contributed by atoms with Crippen molar-refractivity contribution >= 4 is 22.6 Å². The number of hydrogen-bond acceptors (Lipinski definition) is 6. The Morgan fingerprint density at radius 2 is 1.95 bits per heavy atom. The molecule has 9 heteroatoms. The molecule has 0 saturated carbocycles. The number of nitrogens with zero attached hydrogens (tertiary/aromatic N) is 1. The van der Waals surface area contributed by atoms with Gasteiger partial charge < -0.3 is 20.1 Å². The number of methoxy groups -OCH3 is 1. The van der Waals surface area contributed by atoms with Gasteiger partial charge in [0.25, 0.3) is 0 Å². The SMILES string of the molecule is COc1ccc(S(=O)(=O)N2CCNCC2)cc1B(O)O. The van der Waals surface area contributed by atoms with Gasteiger partial charge in [-0.15, -0.1) is 0 Å². The lowest BCUT2D eigenvalue weighted by atomic mass is 9.79. The molecular formula is C11H17BN2O5S. The van der Waals surface area contributed by atoms with E-state index in [2.05, 4.69) is 5.32 Å². The maximum Gasteiger partial charge on any atom is 0.492 e. The summed E-state index contributed by atoms with van der Waals surface area (Å²) in [6, 6.07) is 4.06. The minimum absolute atomic E-state index is 0.0308. The molecule has 20 heavy (non-hydrogen) atoms. The Morgan fingerprint density at radius 3 is 2.50 bits per heavy atom. The molecule has 1 saturated heterocycles. The molecule has 0 aromatic heterocycles. The number of nitrogens with one attached hydrogen (secondary N) is 1. The Balaban J connectivity index is 2.39. The van der Waals surface area contributed by atoms with Crippen LogP contribution in [0.3, 0.4) is 0 Å². The molecule has 1 aromatic rings. The average Bonchev–Trinajstić information content (AvgIpc) is 2.47. The van der Waals surface area contributed by atoms with Crippen molar-refractivity contribution in [2.24, 2.45) is 0 Å². The van der Waals surface area contributed by atoms with E-state index in [9.17, 15) is 18.5 Å². The lowest BCUT2D eigenvalue weighted by Crippen LogP contribution is -2.46. The fourth-order valence-electron chi connectivity index (χ4n) is 2.11. The normalized spacial score (nSPS) is 16.9. The predicted molar refractivity (Wildman–Crippen MR) is 74.4 cm³/mol. The fourth-order valence-corrected chi connectivity index (χ4v) is 3.59. The molecule has 1 fully saturated rings. The fraction of sp³-hybridized carbons (Fsp3) is 0.455. The van der Waals surface area contributed by atoms with Crippen LogP contribution in [-0.2, 0) is 10.0 Å². The minimum Gasteiger partial charge on any atom is -0.497 e. The Kier molecular flexibility index (Phi) is 4.66. The van der Waals surface area contributed by atoms with Gasteiger partial charge in [0.1, 0.15) is 5.75 Å². The van der Waals surface area contributed by atoms with Gasteiger partial charge in [0, 0.05) is 31.6 Å². The van der Waals surface area contributed by atoms with Crippen LogP contribution >= 0.6 is 0 Å². The first-order chi connectivity index (χ1) is 9.46. The van der Waals surface area contributed by atoms with Gasteiger partial charge in [0.05, 0.1) is 12.0 Å². The third kappa shape index (κ3) is 2.96. The van der Waals surface area contributed by atoms with Gasteiger partial charge in [0.2, 0.25) is 10.0 Å². The molecule has 0 spiro atoms. The van der Waals surface area contributed by atoms with E-state index in [-0.39, 0.29) is 16.1 Å². The highest BCUT2D eigenvalue weighted by molar-refractivity contribution is 7.89. The van der Waals surface area contributed by atoms with Gasteiger partial charge in [-0.25, -0.2) is 8.42 Å². The first kappa shape index (κ1) is 15.3. The van der Waals surface area contributed by atoms with Crippen molar-refractivity contribution in [3.05, 3.63) is 18.2 Å². The van der Waals surface area contributed by atoms with Crippen LogP contribution in [0.25, 0.3) is 0 Å². The van der Waals surface area contributed by atoms with E-state index < -0.39 is 17.1 Å². The zero-order chi connectivity index (χ0) is 14.8. The molecule has 1 aromatic carbocycles. The van der Waals surface area contributed by atoms with Crippen molar-refractivity contribution in [2.45, 2.75) is 4.90 Å². The first-order valence-electron chi connectivity index (χ1n) is 6.22. The van der Waals surface area contributed by atoms with Gasteiger partial charge in [-0.05, 0) is 18.2 Å². The van der Waals surface area contributed by atoms with E-state index in [1.165, 1.54) is 29.6 Å². The molecule has 1 aliphatic rings. The van der Waals surface area contributed by atoms with E-state index >= 15 is 0 Å². The van der Waals surface area contributed by atoms with Crippen molar-refractivity contribution in [1.29, 1.82) is 0 Å². The second-order valence-electron chi connectivity index (χ2n) is 4.43. The smallest absolute Gasteiger partial charge is 0.492 e. The van der Waals surface area contributed by atoms with E-state index in [0.717, 1.165) is 0 Å². The number of ether oxygens (including phenoxy) is 1. The predicted octanol–water partition coefficient (Wildman–Crippen LogP) is -2.03. The molecule has 3 N–H and O–H groups in total. The molecule has 0 aliphatic carbocycles. The third-order valence-corrected chi connectivity index (χ3v) is 5.09. The van der Waals surface area contributed by atoms with E-state index in [0.29, 0.717) is 26.2 Å². The van der Waals surface area contributed by atoms with Crippen LogP contribution in [-0.4, -0.2) is 63.2 Å². The molecule has 0 amide bonds. The number of piperazine rings is 1. The van der Waals surface area contributed by atoms with E-state index in [4.69, 9.17) is 4.74 Å². The second kappa shape index (κ2) is 6.11. The number of rotatable bonds is 4. The zero-order valence-corrected chi connectivity index (χ0v) is 11.9. The zero-order valence-electron chi connectivity index (χ0n) is 11.1. The van der Waals surface area contributed by atoms with Crippen LogP contribution in [0.2, 0.25) is 0 Å². The summed E-state index contributed by atoms with van der Waals surface area (Å²) >= 11 is 0. The maximum absolute atomic E-state index is 12.5. The quantitative estimate of drug-likeness (QED) is 0.555. The van der Waals surface area contributed by atoms with Crippen LogP contribution < -0.4 is 15.5 Å². The van der Waals surface area contributed by atoms with Gasteiger partial charge >= 0.3 is 7.12 Å². The summed E-state index contributed by atoms with van der Waals surface area (Å²) in [5.74, 6) is 0.235. The second-order valence-corrected chi connectivity index (χ2v) is 6.37. The molecule has 7 nitrogen and oxygen atoms in total. The van der Waals surface area contributed by atoms with Gasteiger partial charge in [-0.1, -0.05) is 0 Å². The molecule has 1 heterocycles.